The smallest absolute Gasteiger partial charge is 0.229 e. The largest absolute Gasteiger partial charge is 0.379 e. The molecule has 0 aromatic rings. The third kappa shape index (κ3) is 3.12. The number of hydrogen-bond acceptors (Lipinski definition) is 3. The molecule has 0 aromatic heterocycles. The van der Waals surface area contributed by atoms with Crippen LogP contribution in [0.15, 0.2) is 11.6 Å². The number of nitrogens with one attached hydrogen (secondary N) is 1. The molecule has 1 saturated heterocycles. The Hall–Kier alpha value is -0.870. The molecule has 2 rings (SSSR count). The van der Waals surface area contributed by atoms with Crippen LogP contribution in [0, 0.1) is 5.92 Å². The summed E-state index contributed by atoms with van der Waals surface area (Å²) in [4.78, 5) is 14.5. The molecule has 2 aliphatic rings. The minimum atomic E-state index is 0.00227. The third-order valence-electron chi connectivity index (χ3n) is 3.70. The number of nitrogens with zero attached hydrogens (tertiary/aromatic N) is 1. The summed E-state index contributed by atoms with van der Waals surface area (Å²) in [7, 11) is 0. The number of amides is 1. The van der Waals surface area contributed by atoms with Crippen molar-refractivity contribution in [2.45, 2.75) is 32.7 Å². The number of ether oxygens (including phenoxy) is 1. The second kappa shape index (κ2) is 6.34. The van der Waals surface area contributed by atoms with Gasteiger partial charge in [0.05, 0.1) is 19.1 Å². The predicted octanol–water partition coefficient (Wildman–Crippen LogP) is 1.18. The lowest BCUT2D eigenvalue weighted by atomic mass is 10.00. The number of carbonyl (C=O) groups excluding carboxylic acids is 1. The fourth-order valence-electron chi connectivity index (χ4n) is 2.66. The van der Waals surface area contributed by atoms with Gasteiger partial charge < -0.3 is 15.0 Å². The molecule has 4 nitrogen and oxygen atoms in total. The topological polar surface area (TPSA) is 41.6 Å². The SMILES string of the molecule is CCCNC1COCC1C(=O)N1CCC=C(C)C1. The van der Waals surface area contributed by atoms with Crippen molar-refractivity contribution in [1.29, 1.82) is 0 Å². The number of rotatable bonds is 4. The van der Waals surface area contributed by atoms with E-state index in [1.807, 2.05) is 4.90 Å². The van der Waals surface area contributed by atoms with Crippen molar-refractivity contribution in [3.63, 3.8) is 0 Å². The molecular formula is C14H24N2O2. The van der Waals surface area contributed by atoms with E-state index in [-0.39, 0.29) is 17.9 Å². The highest BCUT2D eigenvalue weighted by molar-refractivity contribution is 5.80. The van der Waals surface area contributed by atoms with Crippen molar-refractivity contribution in [2.24, 2.45) is 5.92 Å². The first-order valence-corrected chi connectivity index (χ1v) is 6.98. The summed E-state index contributed by atoms with van der Waals surface area (Å²) in [6.07, 6.45) is 4.29. The molecule has 0 saturated carbocycles. The highest BCUT2D eigenvalue weighted by Gasteiger charge is 2.36. The highest BCUT2D eigenvalue weighted by Crippen LogP contribution is 2.19. The van der Waals surface area contributed by atoms with Gasteiger partial charge in [-0.25, -0.2) is 0 Å². The Labute approximate surface area is 109 Å². The van der Waals surface area contributed by atoms with E-state index in [1.54, 1.807) is 0 Å². The van der Waals surface area contributed by atoms with Gasteiger partial charge in [-0.1, -0.05) is 18.6 Å². The molecule has 0 bridgehead atoms. The molecule has 1 fully saturated rings. The highest BCUT2D eigenvalue weighted by atomic mass is 16.5. The van der Waals surface area contributed by atoms with E-state index in [4.69, 9.17) is 4.74 Å². The predicted molar refractivity (Wildman–Crippen MR) is 71.3 cm³/mol. The molecule has 102 valence electrons. The summed E-state index contributed by atoms with van der Waals surface area (Å²) >= 11 is 0. The normalized spacial score (nSPS) is 28.3. The van der Waals surface area contributed by atoms with Crippen molar-refractivity contribution in [1.82, 2.24) is 10.2 Å². The lowest BCUT2D eigenvalue weighted by molar-refractivity contribution is -0.135. The van der Waals surface area contributed by atoms with Crippen LogP contribution in [-0.2, 0) is 9.53 Å². The molecule has 2 aliphatic heterocycles. The third-order valence-corrected chi connectivity index (χ3v) is 3.70. The quantitative estimate of drug-likeness (QED) is 0.764. The second-order valence-electron chi connectivity index (χ2n) is 5.30. The van der Waals surface area contributed by atoms with Gasteiger partial charge in [-0.05, 0) is 26.3 Å². The molecule has 0 spiro atoms. The number of carbonyl (C=O) groups is 1. The Morgan fingerprint density at radius 2 is 2.39 bits per heavy atom. The zero-order chi connectivity index (χ0) is 13.0. The molecule has 2 unspecified atom stereocenters. The van der Waals surface area contributed by atoms with Crippen molar-refractivity contribution >= 4 is 5.91 Å². The van der Waals surface area contributed by atoms with Crippen LogP contribution in [0.2, 0.25) is 0 Å². The molecule has 0 aromatic carbocycles. The zero-order valence-electron chi connectivity index (χ0n) is 11.4. The minimum Gasteiger partial charge on any atom is -0.379 e. The van der Waals surface area contributed by atoms with Gasteiger partial charge in [0.15, 0.2) is 0 Å². The van der Waals surface area contributed by atoms with Gasteiger partial charge in [0.25, 0.3) is 0 Å². The summed E-state index contributed by atoms with van der Waals surface area (Å²) in [6, 6.07) is 0.198. The summed E-state index contributed by atoms with van der Waals surface area (Å²) in [6.45, 7) is 8.06. The monoisotopic (exact) mass is 252 g/mol. The molecular weight excluding hydrogens is 228 g/mol. The van der Waals surface area contributed by atoms with Crippen molar-refractivity contribution in [3.8, 4) is 0 Å². The van der Waals surface area contributed by atoms with Gasteiger partial charge in [-0.3, -0.25) is 4.79 Å². The molecule has 2 atom stereocenters. The maximum absolute atomic E-state index is 12.5. The van der Waals surface area contributed by atoms with Crippen LogP contribution in [0.4, 0.5) is 0 Å². The average Bonchev–Trinajstić information content (AvgIpc) is 2.83. The Balaban J connectivity index is 1.93. The Kier molecular flexibility index (Phi) is 4.78. The van der Waals surface area contributed by atoms with Crippen LogP contribution < -0.4 is 5.32 Å². The Bertz CT molecular complexity index is 328. The van der Waals surface area contributed by atoms with Gasteiger partial charge in [0, 0.05) is 19.1 Å². The second-order valence-corrected chi connectivity index (χ2v) is 5.30. The van der Waals surface area contributed by atoms with E-state index in [1.165, 1.54) is 5.57 Å². The van der Waals surface area contributed by atoms with Gasteiger partial charge in [-0.2, -0.15) is 0 Å². The van der Waals surface area contributed by atoms with Crippen molar-refractivity contribution in [3.05, 3.63) is 11.6 Å². The van der Waals surface area contributed by atoms with E-state index < -0.39 is 0 Å². The molecule has 4 heteroatoms. The molecule has 1 amide bonds. The summed E-state index contributed by atoms with van der Waals surface area (Å²) in [5, 5.41) is 3.43. The van der Waals surface area contributed by atoms with Crippen LogP contribution in [-0.4, -0.2) is 49.7 Å². The standard InChI is InChI=1S/C14H24N2O2/c1-3-6-15-13-10-18-9-12(13)14(17)16-7-4-5-11(2)8-16/h5,12-13,15H,3-4,6-10H2,1-2H3. The fourth-order valence-corrected chi connectivity index (χ4v) is 2.66. The first-order valence-electron chi connectivity index (χ1n) is 6.98. The van der Waals surface area contributed by atoms with Gasteiger partial charge in [0.2, 0.25) is 5.91 Å². The van der Waals surface area contributed by atoms with Crippen LogP contribution in [0.5, 0.6) is 0 Å². The van der Waals surface area contributed by atoms with Gasteiger partial charge in [-0.15, -0.1) is 0 Å². The maximum atomic E-state index is 12.5. The summed E-state index contributed by atoms with van der Waals surface area (Å²) < 4.78 is 5.48. The first kappa shape index (κ1) is 13.6. The van der Waals surface area contributed by atoms with E-state index in [9.17, 15) is 4.79 Å². The van der Waals surface area contributed by atoms with Crippen LogP contribution in [0.1, 0.15) is 26.7 Å². The fraction of sp³-hybridized carbons (Fsp3) is 0.786. The van der Waals surface area contributed by atoms with Gasteiger partial charge >= 0.3 is 0 Å². The molecule has 2 heterocycles. The molecule has 18 heavy (non-hydrogen) atoms. The summed E-state index contributed by atoms with van der Waals surface area (Å²) in [5.41, 5.74) is 1.30. The Morgan fingerprint density at radius 1 is 1.56 bits per heavy atom. The summed E-state index contributed by atoms with van der Waals surface area (Å²) in [5.74, 6) is 0.260. The van der Waals surface area contributed by atoms with E-state index >= 15 is 0 Å². The Morgan fingerprint density at radius 3 is 3.11 bits per heavy atom. The maximum Gasteiger partial charge on any atom is 0.229 e. The van der Waals surface area contributed by atoms with E-state index in [0.717, 1.165) is 32.5 Å². The van der Waals surface area contributed by atoms with Crippen molar-refractivity contribution < 1.29 is 9.53 Å². The minimum absolute atomic E-state index is 0.00227. The molecule has 1 N–H and O–H groups in total. The van der Waals surface area contributed by atoms with Crippen LogP contribution >= 0.6 is 0 Å². The lowest BCUT2D eigenvalue weighted by Crippen LogP contribution is -2.47. The first-order chi connectivity index (χ1) is 8.72. The van der Waals surface area contributed by atoms with Crippen LogP contribution in [0.25, 0.3) is 0 Å². The molecule has 0 radical (unpaired) electrons. The lowest BCUT2D eigenvalue weighted by Gasteiger charge is -2.30. The van der Waals surface area contributed by atoms with Crippen LogP contribution in [0.3, 0.4) is 0 Å². The van der Waals surface area contributed by atoms with E-state index in [0.29, 0.717) is 13.2 Å². The zero-order valence-corrected chi connectivity index (χ0v) is 11.4. The average molecular weight is 252 g/mol. The number of hydrogen-bond donors (Lipinski definition) is 1. The van der Waals surface area contributed by atoms with E-state index in [2.05, 4.69) is 25.2 Å². The molecule has 0 aliphatic carbocycles. The van der Waals surface area contributed by atoms with Crippen molar-refractivity contribution in [2.75, 3.05) is 32.8 Å². The van der Waals surface area contributed by atoms with Gasteiger partial charge in [0.1, 0.15) is 0 Å².